The number of furan rings is 1. The Hall–Kier alpha value is -3.62. The van der Waals surface area contributed by atoms with E-state index in [1.807, 2.05) is 0 Å². The van der Waals surface area contributed by atoms with Crippen molar-refractivity contribution >= 4 is 45.4 Å². The van der Waals surface area contributed by atoms with E-state index in [0.29, 0.717) is 22.0 Å². The van der Waals surface area contributed by atoms with E-state index in [4.69, 9.17) is 13.9 Å². The lowest BCUT2D eigenvalue weighted by molar-refractivity contribution is -0.383. The molecule has 0 saturated carbocycles. The van der Waals surface area contributed by atoms with Crippen molar-refractivity contribution in [2.24, 2.45) is 0 Å². The number of rotatable bonds is 5. The predicted octanol–water partition coefficient (Wildman–Crippen LogP) is 4.02. The molecular weight excluding hydrogens is 368 g/mol. The number of para-hydroxylation sites is 1. The average Bonchev–Trinajstić information content (AvgIpc) is 3.05. The minimum absolute atomic E-state index is 0.127. The number of fused-ring (bicyclic) bond motifs is 3. The van der Waals surface area contributed by atoms with Crippen LogP contribution >= 0.6 is 0 Å². The molecule has 0 fully saturated rings. The normalized spacial score (nSPS) is 12.0. The van der Waals surface area contributed by atoms with Gasteiger partial charge in [-0.15, -0.1) is 0 Å². The lowest BCUT2D eigenvalue weighted by Crippen LogP contribution is -2.44. The highest BCUT2D eigenvalue weighted by Gasteiger charge is 2.30. The quantitative estimate of drug-likeness (QED) is 0.370. The number of benzene rings is 2. The van der Waals surface area contributed by atoms with Crippen LogP contribution in [0.4, 0.5) is 16.2 Å². The van der Waals surface area contributed by atoms with E-state index in [1.54, 1.807) is 31.2 Å². The smallest absolute Gasteiger partial charge is 0.415 e. The number of carbonyl (C=O) groups excluding carboxylic acids is 2. The summed E-state index contributed by atoms with van der Waals surface area (Å²) in [5.41, 5.74) is 0.669. The molecule has 0 aliphatic carbocycles. The van der Waals surface area contributed by atoms with Gasteiger partial charge in [-0.05, 0) is 32.0 Å². The van der Waals surface area contributed by atoms with Crippen LogP contribution in [0.15, 0.2) is 40.8 Å². The van der Waals surface area contributed by atoms with Crippen molar-refractivity contribution < 1.29 is 28.4 Å². The van der Waals surface area contributed by atoms with Crippen molar-refractivity contribution in [2.45, 2.75) is 19.9 Å². The Morgan fingerprint density at radius 2 is 2.00 bits per heavy atom. The number of hydrogen-bond donors (Lipinski definition) is 0. The zero-order chi connectivity index (χ0) is 20.4. The minimum atomic E-state index is -0.944. The van der Waals surface area contributed by atoms with Gasteiger partial charge in [0.25, 0.3) is 0 Å². The number of methoxy groups -OCH3 is 1. The fraction of sp³-hybridized carbons (Fsp3) is 0.263. The highest BCUT2D eigenvalue weighted by atomic mass is 16.6. The number of ether oxygens (including phenoxy) is 2. The minimum Gasteiger partial charge on any atom is -0.467 e. The Kier molecular flexibility index (Phi) is 5.16. The van der Waals surface area contributed by atoms with Crippen LogP contribution < -0.4 is 4.90 Å². The summed E-state index contributed by atoms with van der Waals surface area (Å²) in [7, 11) is 1.23. The highest BCUT2D eigenvalue weighted by molar-refractivity contribution is 6.09. The van der Waals surface area contributed by atoms with Crippen LogP contribution in [-0.4, -0.2) is 36.7 Å². The summed E-state index contributed by atoms with van der Waals surface area (Å²) >= 11 is 0. The van der Waals surface area contributed by atoms with Gasteiger partial charge in [0.15, 0.2) is 0 Å². The van der Waals surface area contributed by atoms with Gasteiger partial charge >= 0.3 is 17.7 Å². The fourth-order valence-electron chi connectivity index (χ4n) is 3.02. The molecule has 0 aliphatic heterocycles. The second-order valence-electron chi connectivity index (χ2n) is 5.96. The maximum atomic E-state index is 12.4. The van der Waals surface area contributed by atoms with E-state index >= 15 is 0 Å². The molecule has 2 aromatic carbocycles. The van der Waals surface area contributed by atoms with Crippen LogP contribution in [0.5, 0.6) is 0 Å². The lowest BCUT2D eigenvalue weighted by Gasteiger charge is -2.26. The number of non-ortho nitro benzene ring substituents is 1. The summed E-state index contributed by atoms with van der Waals surface area (Å²) in [6, 6.07) is 8.54. The topological polar surface area (TPSA) is 112 Å². The van der Waals surface area contributed by atoms with Crippen molar-refractivity contribution in [2.75, 3.05) is 18.6 Å². The summed E-state index contributed by atoms with van der Waals surface area (Å²) in [5.74, 6) is -0.617. The monoisotopic (exact) mass is 386 g/mol. The van der Waals surface area contributed by atoms with Gasteiger partial charge in [0.05, 0.1) is 24.3 Å². The van der Waals surface area contributed by atoms with Crippen molar-refractivity contribution in [3.63, 3.8) is 0 Å². The molecule has 1 aromatic heterocycles. The highest BCUT2D eigenvalue weighted by Crippen LogP contribution is 2.36. The van der Waals surface area contributed by atoms with Crippen LogP contribution in [0.25, 0.3) is 21.9 Å². The van der Waals surface area contributed by atoms with E-state index in [0.717, 1.165) is 4.90 Å². The first-order valence-electron chi connectivity index (χ1n) is 8.52. The Balaban J connectivity index is 2.16. The standard InChI is InChI=1S/C19H18N2O7/c1-4-27-19(23)20(11(2)18(22)26-3)12-8-9-13-14-6-5-7-15(21(24)25)17(14)28-16(13)10-12/h5-11H,4H2,1-3H3. The van der Waals surface area contributed by atoms with Crippen LogP contribution in [0.1, 0.15) is 13.8 Å². The Morgan fingerprint density at radius 3 is 2.64 bits per heavy atom. The van der Waals surface area contributed by atoms with Crippen LogP contribution in [0.2, 0.25) is 0 Å². The summed E-state index contributed by atoms with van der Waals surface area (Å²) in [5, 5.41) is 12.5. The Morgan fingerprint density at radius 1 is 1.25 bits per heavy atom. The number of anilines is 1. The molecule has 0 radical (unpaired) electrons. The molecular formula is C19H18N2O7. The second kappa shape index (κ2) is 7.55. The molecule has 0 spiro atoms. The fourth-order valence-corrected chi connectivity index (χ4v) is 3.02. The van der Waals surface area contributed by atoms with Gasteiger partial charge in [-0.3, -0.25) is 15.0 Å². The molecule has 1 unspecified atom stereocenters. The van der Waals surface area contributed by atoms with Gasteiger partial charge in [-0.2, -0.15) is 0 Å². The molecule has 1 amide bonds. The van der Waals surface area contributed by atoms with E-state index in [2.05, 4.69) is 0 Å². The van der Waals surface area contributed by atoms with Gasteiger partial charge in [-0.1, -0.05) is 6.07 Å². The van der Waals surface area contributed by atoms with Crippen molar-refractivity contribution in [1.29, 1.82) is 0 Å². The number of amides is 1. The number of esters is 1. The molecule has 0 aliphatic rings. The SMILES string of the molecule is CCOC(=O)N(c1ccc2c(c1)oc1c([N+](=O)[O-])cccc12)C(C)C(=O)OC. The number of nitro benzene ring substituents is 1. The first-order valence-corrected chi connectivity index (χ1v) is 8.52. The largest absolute Gasteiger partial charge is 0.467 e. The third-order valence-corrected chi connectivity index (χ3v) is 4.33. The van der Waals surface area contributed by atoms with Gasteiger partial charge in [-0.25, -0.2) is 9.59 Å². The Labute approximate surface area is 159 Å². The van der Waals surface area contributed by atoms with Crippen LogP contribution in [0, 0.1) is 10.1 Å². The molecule has 0 saturated heterocycles. The third kappa shape index (κ3) is 3.22. The second-order valence-corrected chi connectivity index (χ2v) is 5.96. The van der Waals surface area contributed by atoms with Crippen molar-refractivity contribution in [3.05, 3.63) is 46.5 Å². The molecule has 9 heteroatoms. The van der Waals surface area contributed by atoms with Gasteiger partial charge in [0.2, 0.25) is 5.58 Å². The van der Waals surface area contributed by atoms with Crippen LogP contribution in [-0.2, 0) is 14.3 Å². The maximum Gasteiger partial charge on any atom is 0.415 e. The van der Waals surface area contributed by atoms with E-state index in [1.165, 1.54) is 26.2 Å². The van der Waals surface area contributed by atoms with Crippen molar-refractivity contribution in [3.8, 4) is 0 Å². The Bertz CT molecular complexity index is 1070. The predicted molar refractivity (Wildman–Crippen MR) is 101 cm³/mol. The molecule has 0 N–H and O–H groups in total. The number of nitrogens with zero attached hydrogens (tertiary/aromatic N) is 2. The molecule has 3 rings (SSSR count). The zero-order valence-corrected chi connectivity index (χ0v) is 15.5. The number of nitro groups is 1. The number of hydrogen-bond acceptors (Lipinski definition) is 7. The van der Waals surface area contributed by atoms with Gasteiger partial charge in [0.1, 0.15) is 11.6 Å². The lowest BCUT2D eigenvalue weighted by atomic mass is 10.1. The molecule has 3 aromatic rings. The van der Waals surface area contributed by atoms with E-state index < -0.39 is 23.0 Å². The van der Waals surface area contributed by atoms with Crippen molar-refractivity contribution in [1.82, 2.24) is 0 Å². The molecule has 28 heavy (non-hydrogen) atoms. The molecule has 9 nitrogen and oxygen atoms in total. The first kappa shape index (κ1) is 19.2. The molecule has 146 valence electrons. The molecule has 0 bridgehead atoms. The zero-order valence-electron chi connectivity index (χ0n) is 15.5. The maximum absolute atomic E-state index is 12.4. The molecule has 1 atom stereocenters. The van der Waals surface area contributed by atoms with E-state index in [-0.39, 0.29) is 17.9 Å². The van der Waals surface area contributed by atoms with Crippen LogP contribution in [0.3, 0.4) is 0 Å². The van der Waals surface area contributed by atoms with Gasteiger partial charge in [0, 0.05) is 22.9 Å². The van der Waals surface area contributed by atoms with E-state index in [9.17, 15) is 19.7 Å². The summed E-state index contributed by atoms with van der Waals surface area (Å²) in [6.45, 7) is 3.29. The average molecular weight is 386 g/mol. The first-order chi connectivity index (χ1) is 13.4. The summed E-state index contributed by atoms with van der Waals surface area (Å²) in [4.78, 5) is 36.3. The number of carbonyl (C=O) groups is 2. The summed E-state index contributed by atoms with van der Waals surface area (Å²) in [6.07, 6.45) is -0.721. The third-order valence-electron chi connectivity index (χ3n) is 4.33. The molecule has 1 heterocycles. The summed E-state index contributed by atoms with van der Waals surface area (Å²) < 4.78 is 15.5. The van der Waals surface area contributed by atoms with Gasteiger partial charge < -0.3 is 13.9 Å².